The molecular formula is C24H22N4O2. The maximum Gasteiger partial charge on any atom is 0.276 e. The highest BCUT2D eigenvalue weighted by molar-refractivity contribution is 6.03. The number of hydrogen-bond donors (Lipinski definition) is 4. The largest absolute Gasteiger partial charge is 0.384 e. The van der Waals surface area contributed by atoms with Crippen molar-refractivity contribution in [2.75, 3.05) is 10.6 Å². The third-order valence-corrected chi connectivity index (χ3v) is 4.81. The minimum atomic E-state index is -0.750. The third-order valence-electron chi connectivity index (χ3n) is 4.81. The van der Waals surface area contributed by atoms with Crippen molar-refractivity contribution in [3.63, 3.8) is 0 Å². The van der Waals surface area contributed by atoms with Crippen LogP contribution in [0.15, 0.2) is 91.1 Å². The number of nitrogens with one attached hydrogen (secondary N) is 3. The molecule has 1 atom stereocenters. The lowest BCUT2D eigenvalue weighted by molar-refractivity contribution is 0.102. The zero-order valence-electron chi connectivity index (χ0n) is 16.2. The molecule has 1 unspecified atom stereocenters. The van der Waals surface area contributed by atoms with E-state index in [1.807, 2.05) is 84.9 Å². The van der Waals surface area contributed by atoms with Crippen LogP contribution in [-0.2, 0) is 6.54 Å². The Morgan fingerprint density at radius 3 is 2.37 bits per heavy atom. The number of amides is 1. The number of carbonyl (C=O) groups excluding carboxylic acids is 1. The van der Waals surface area contributed by atoms with E-state index in [1.54, 1.807) is 6.20 Å². The van der Waals surface area contributed by atoms with Crippen LogP contribution >= 0.6 is 0 Å². The van der Waals surface area contributed by atoms with Crippen molar-refractivity contribution >= 4 is 17.3 Å². The summed E-state index contributed by atoms with van der Waals surface area (Å²) in [5.74, 6) is -0.281. The Bertz CT molecular complexity index is 1110. The molecule has 0 bridgehead atoms. The molecule has 150 valence electrons. The first-order chi connectivity index (χ1) is 14.7. The number of aliphatic hydroxyl groups is 1. The van der Waals surface area contributed by atoms with Gasteiger partial charge in [0, 0.05) is 35.2 Å². The maximum absolute atomic E-state index is 12.6. The Morgan fingerprint density at radius 2 is 1.60 bits per heavy atom. The fourth-order valence-corrected chi connectivity index (χ4v) is 3.26. The first-order valence-electron chi connectivity index (χ1n) is 9.67. The van der Waals surface area contributed by atoms with Gasteiger partial charge in [0.05, 0.1) is 0 Å². The van der Waals surface area contributed by atoms with Crippen LogP contribution in [0.3, 0.4) is 0 Å². The molecule has 0 aliphatic carbocycles. The monoisotopic (exact) mass is 398 g/mol. The van der Waals surface area contributed by atoms with Crippen LogP contribution in [0.25, 0.3) is 0 Å². The number of benzene rings is 3. The van der Waals surface area contributed by atoms with Crippen molar-refractivity contribution in [2.45, 2.75) is 12.6 Å². The molecule has 1 heterocycles. The number of para-hydroxylation sites is 2. The lowest BCUT2D eigenvalue weighted by Gasteiger charge is -2.17. The highest BCUT2D eigenvalue weighted by Crippen LogP contribution is 2.28. The molecule has 0 saturated carbocycles. The Balaban J connectivity index is 1.49. The van der Waals surface area contributed by atoms with Crippen molar-refractivity contribution < 1.29 is 9.90 Å². The molecule has 6 heteroatoms. The summed E-state index contributed by atoms with van der Waals surface area (Å²) in [6.07, 6.45) is 0.948. The van der Waals surface area contributed by atoms with E-state index in [-0.39, 0.29) is 5.91 Å². The van der Waals surface area contributed by atoms with Gasteiger partial charge in [-0.15, -0.1) is 0 Å². The van der Waals surface area contributed by atoms with E-state index >= 15 is 0 Å². The lowest BCUT2D eigenvalue weighted by Crippen LogP contribution is -2.16. The normalized spacial score (nSPS) is 11.6. The SMILES string of the molecule is O=C(Nc1ccccc1)c1n[nH]cc1CNc1ccccc1C(O)c1ccccc1. The van der Waals surface area contributed by atoms with Crippen molar-refractivity contribution in [3.8, 4) is 0 Å². The molecule has 0 saturated heterocycles. The van der Waals surface area contributed by atoms with Crippen molar-refractivity contribution in [3.05, 3.63) is 114 Å². The van der Waals surface area contributed by atoms with Gasteiger partial charge in [0.1, 0.15) is 6.10 Å². The summed E-state index contributed by atoms with van der Waals surface area (Å²) in [4.78, 5) is 12.6. The predicted octanol–water partition coefficient (Wildman–Crippen LogP) is 4.36. The standard InChI is InChI=1S/C24H22N4O2/c29-23(17-9-3-1-4-10-17)20-13-7-8-14-21(20)25-15-18-16-26-28-22(18)24(30)27-19-11-5-2-6-12-19/h1-14,16,23,25,29H,15H2,(H,26,28)(H,27,30). The van der Waals surface area contributed by atoms with Gasteiger partial charge in [0.25, 0.3) is 5.91 Å². The van der Waals surface area contributed by atoms with E-state index in [2.05, 4.69) is 20.8 Å². The first-order valence-corrected chi connectivity index (χ1v) is 9.67. The molecule has 0 fully saturated rings. The third kappa shape index (κ3) is 4.39. The Morgan fingerprint density at radius 1 is 0.933 bits per heavy atom. The average molecular weight is 398 g/mol. The molecule has 4 N–H and O–H groups in total. The van der Waals surface area contributed by atoms with E-state index in [4.69, 9.17) is 0 Å². The lowest BCUT2D eigenvalue weighted by atomic mass is 10.00. The highest BCUT2D eigenvalue weighted by atomic mass is 16.3. The minimum absolute atomic E-state index is 0.281. The first kappa shape index (κ1) is 19.4. The molecule has 1 aromatic heterocycles. The zero-order chi connectivity index (χ0) is 20.8. The average Bonchev–Trinajstić information content (AvgIpc) is 3.27. The fourth-order valence-electron chi connectivity index (χ4n) is 3.26. The van der Waals surface area contributed by atoms with E-state index < -0.39 is 6.10 Å². The summed E-state index contributed by atoms with van der Waals surface area (Å²) in [6, 6.07) is 26.3. The second-order valence-corrected chi connectivity index (χ2v) is 6.83. The topological polar surface area (TPSA) is 90.0 Å². The molecule has 0 radical (unpaired) electrons. The van der Waals surface area contributed by atoms with Gasteiger partial charge in [-0.25, -0.2) is 0 Å². The predicted molar refractivity (Wildman–Crippen MR) is 117 cm³/mol. The van der Waals surface area contributed by atoms with Crippen LogP contribution in [0.5, 0.6) is 0 Å². The van der Waals surface area contributed by atoms with Crippen LogP contribution < -0.4 is 10.6 Å². The summed E-state index contributed by atoms with van der Waals surface area (Å²) in [5.41, 5.74) is 4.14. The number of aliphatic hydroxyl groups excluding tert-OH is 1. The number of H-pyrrole nitrogens is 1. The molecule has 4 aromatic rings. The number of nitrogens with zero attached hydrogens (tertiary/aromatic N) is 1. The van der Waals surface area contributed by atoms with E-state index in [9.17, 15) is 9.90 Å². The fraction of sp³-hybridized carbons (Fsp3) is 0.0833. The Labute approximate surface area is 174 Å². The van der Waals surface area contributed by atoms with Gasteiger partial charge < -0.3 is 15.7 Å². The van der Waals surface area contributed by atoms with Gasteiger partial charge in [0.2, 0.25) is 0 Å². The summed E-state index contributed by atoms with van der Waals surface area (Å²) in [6.45, 7) is 0.382. The van der Waals surface area contributed by atoms with Gasteiger partial charge >= 0.3 is 0 Å². The van der Waals surface area contributed by atoms with Gasteiger partial charge in [-0.3, -0.25) is 9.89 Å². The number of carbonyl (C=O) groups is 1. The number of aromatic nitrogens is 2. The van der Waals surface area contributed by atoms with Crippen LogP contribution in [0.2, 0.25) is 0 Å². The summed E-state index contributed by atoms with van der Waals surface area (Å²) < 4.78 is 0. The highest BCUT2D eigenvalue weighted by Gasteiger charge is 2.17. The van der Waals surface area contributed by atoms with E-state index in [0.717, 1.165) is 22.4 Å². The van der Waals surface area contributed by atoms with Crippen molar-refractivity contribution in [2.24, 2.45) is 0 Å². The molecule has 0 aliphatic heterocycles. The quantitative estimate of drug-likeness (QED) is 0.372. The van der Waals surface area contributed by atoms with Gasteiger partial charge in [-0.2, -0.15) is 5.10 Å². The van der Waals surface area contributed by atoms with E-state index in [1.165, 1.54) is 0 Å². The molecule has 30 heavy (non-hydrogen) atoms. The zero-order valence-corrected chi connectivity index (χ0v) is 16.2. The number of hydrogen-bond acceptors (Lipinski definition) is 4. The van der Waals surface area contributed by atoms with Crippen LogP contribution in [0, 0.1) is 0 Å². The van der Waals surface area contributed by atoms with Crippen molar-refractivity contribution in [1.29, 1.82) is 0 Å². The smallest absolute Gasteiger partial charge is 0.276 e. The molecule has 4 rings (SSSR count). The summed E-state index contributed by atoms with van der Waals surface area (Å²) in [5, 5.41) is 23.9. The maximum atomic E-state index is 12.6. The molecule has 1 amide bonds. The molecule has 0 spiro atoms. The second kappa shape index (κ2) is 9.07. The summed E-state index contributed by atoms with van der Waals surface area (Å²) in [7, 11) is 0. The Hall–Kier alpha value is -3.90. The summed E-state index contributed by atoms with van der Waals surface area (Å²) >= 11 is 0. The molecule has 6 nitrogen and oxygen atoms in total. The van der Waals surface area contributed by atoms with Crippen LogP contribution in [-0.4, -0.2) is 21.2 Å². The van der Waals surface area contributed by atoms with Crippen molar-refractivity contribution in [1.82, 2.24) is 10.2 Å². The number of aromatic amines is 1. The molecule has 0 aliphatic rings. The minimum Gasteiger partial charge on any atom is -0.384 e. The molecular weight excluding hydrogens is 376 g/mol. The van der Waals surface area contributed by atoms with Crippen LogP contribution in [0.4, 0.5) is 11.4 Å². The van der Waals surface area contributed by atoms with E-state index in [0.29, 0.717) is 17.9 Å². The number of anilines is 2. The van der Waals surface area contributed by atoms with Gasteiger partial charge in [-0.05, 0) is 23.8 Å². The second-order valence-electron chi connectivity index (χ2n) is 6.83. The van der Waals surface area contributed by atoms with Gasteiger partial charge in [-0.1, -0.05) is 66.7 Å². The molecule has 3 aromatic carbocycles. The van der Waals surface area contributed by atoms with Crippen LogP contribution in [0.1, 0.15) is 33.3 Å². The Kier molecular flexibility index (Phi) is 5.87. The number of rotatable bonds is 7. The van der Waals surface area contributed by atoms with Gasteiger partial charge in [0.15, 0.2) is 5.69 Å².